The third-order valence-corrected chi connectivity index (χ3v) is 4.52. The Hall–Kier alpha value is -2.81. The first kappa shape index (κ1) is 17.0. The largest absolute Gasteiger partial charge is 0.378 e. The molecule has 3 heteroatoms. The van der Waals surface area contributed by atoms with Gasteiger partial charge in [-0.1, -0.05) is 48.5 Å². The molecular weight excluding hydrogens is 308 g/mol. The summed E-state index contributed by atoms with van der Waals surface area (Å²) in [6.07, 6.45) is 0. The van der Waals surface area contributed by atoms with E-state index in [2.05, 4.69) is 29.2 Å². The number of carbonyl (C=O) groups excluding carboxylic acids is 1. The molecule has 3 aromatic rings. The average Bonchev–Trinajstić information content (AvgIpc) is 2.65. The van der Waals surface area contributed by atoms with Gasteiger partial charge in [-0.25, -0.2) is 0 Å². The number of hydrogen-bond donors (Lipinski definition) is 0. The Morgan fingerprint density at radius 3 is 2.24 bits per heavy atom. The fourth-order valence-electron chi connectivity index (χ4n) is 3.03. The smallest absolute Gasteiger partial charge is 0.254 e. The van der Waals surface area contributed by atoms with Gasteiger partial charge in [0.15, 0.2) is 0 Å². The molecule has 25 heavy (non-hydrogen) atoms. The molecule has 0 radical (unpaired) electrons. The standard InChI is InChI=1S/C22H24N2O/c1-4-24(16-17-12-14-19(15-13-17)23(2)3)22(25)21-11-7-9-18-8-5-6-10-20(18)21/h5-15H,4,16H2,1-3H3. The summed E-state index contributed by atoms with van der Waals surface area (Å²) in [7, 11) is 4.05. The van der Waals surface area contributed by atoms with Gasteiger partial charge in [0.1, 0.15) is 0 Å². The molecule has 0 aliphatic carbocycles. The van der Waals surface area contributed by atoms with Crippen LogP contribution < -0.4 is 4.90 Å². The third-order valence-electron chi connectivity index (χ3n) is 4.52. The average molecular weight is 332 g/mol. The van der Waals surface area contributed by atoms with Gasteiger partial charge in [-0.15, -0.1) is 0 Å². The lowest BCUT2D eigenvalue weighted by Crippen LogP contribution is -2.30. The lowest BCUT2D eigenvalue weighted by molar-refractivity contribution is 0.0754. The molecule has 0 aliphatic rings. The number of nitrogens with zero attached hydrogens (tertiary/aromatic N) is 2. The van der Waals surface area contributed by atoms with Crippen LogP contribution in [0.1, 0.15) is 22.8 Å². The number of amides is 1. The second kappa shape index (κ2) is 7.39. The van der Waals surface area contributed by atoms with Crippen LogP contribution in [0, 0.1) is 0 Å². The van der Waals surface area contributed by atoms with E-state index in [1.54, 1.807) is 0 Å². The van der Waals surface area contributed by atoms with Gasteiger partial charge >= 0.3 is 0 Å². The molecule has 0 heterocycles. The summed E-state index contributed by atoms with van der Waals surface area (Å²) in [5, 5.41) is 2.11. The second-order valence-electron chi connectivity index (χ2n) is 6.41. The van der Waals surface area contributed by atoms with Crippen molar-refractivity contribution in [3.8, 4) is 0 Å². The summed E-state index contributed by atoms with van der Waals surface area (Å²) < 4.78 is 0. The molecule has 128 valence electrons. The number of fused-ring (bicyclic) bond motifs is 1. The van der Waals surface area contributed by atoms with E-state index in [9.17, 15) is 4.79 Å². The summed E-state index contributed by atoms with van der Waals surface area (Å²) in [6, 6.07) is 22.3. The molecule has 0 fully saturated rings. The third kappa shape index (κ3) is 3.66. The molecule has 0 N–H and O–H groups in total. The van der Waals surface area contributed by atoms with Crippen LogP contribution >= 0.6 is 0 Å². The molecule has 0 aromatic heterocycles. The van der Waals surface area contributed by atoms with Crippen LogP contribution in [-0.4, -0.2) is 31.4 Å². The highest BCUT2D eigenvalue weighted by Crippen LogP contribution is 2.21. The van der Waals surface area contributed by atoms with Crippen LogP contribution in [-0.2, 0) is 6.54 Å². The van der Waals surface area contributed by atoms with Crippen LogP contribution in [0.25, 0.3) is 10.8 Å². The number of anilines is 1. The topological polar surface area (TPSA) is 23.6 Å². The molecule has 3 rings (SSSR count). The fourth-order valence-corrected chi connectivity index (χ4v) is 3.03. The number of benzene rings is 3. The Balaban J connectivity index is 1.86. The Labute approximate surface area is 149 Å². The van der Waals surface area contributed by atoms with Crippen molar-refractivity contribution in [2.75, 3.05) is 25.5 Å². The van der Waals surface area contributed by atoms with Crippen LogP contribution in [0.4, 0.5) is 5.69 Å². The lowest BCUT2D eigenvalue weighted by atomic mass is 10.0. The SMILES string of the molecule is CCN(Cc1ccc(N(C)C)cc1)C(=O)c1cccc2ccccc12. The van der Waals surface area contributed by atoms with Crippen LogP contribution in [0.2, 0.25) is 0 Å². The summed E-state index contributed by atoms with van der Waals surface area (Å²) in [5.41, 5.74) is 3.07. The highest BCUT2D eigenvalue weighted by molar-refractivity contribution is 6.06. The molecule has 1 amide bonds. The molecule has 0 saturated heterocycles. The minimum Gasteiger partial charge on any atom is -0.378 e. The predicted octanol–water partition coefficient (Wildman–Crippen LogP) is 4.57. The van der Waals surface area contributed by atoms with Gasteiger partial charge in [0.25, 0.3) is 5.91 Å². The van der Waals surface area contributed by atoms with Gasteiger partial charge in [0.2, 0.25) is 0 Å². The molecule has 0 aliphatic heterocycles. The lowest BCUT2D eigenvalue weighted by Gasteiger charge is -2.22. The fraction of sp³-hybridized carbons (Fsp3) is 0.227. The zero-order valence-electron chi connectivity index (χ0n) is 15.1. The summed E-state index contributed by atoms with van der Waals surface area (Å²) >= 11 is 0. The maximum Gasteiger partial charge on any atom is 0.254 e. The number of hydrogen-bond acceptors (Lipinski definition) is 2. The van der Waals surface area contributed by atoms with Crippen LogP contribution in [0.5, 0.6) is 0 Å². The maximum absolute atomic E-state index is 13.1. The molecule has 0 unspecified atom stereocenters. The highest BCUT2D eigenvalue weighted by atomic mass is 16.2. The van der Waals surface area contributed by atoms with Crippen molar-refractivity contribution in [2.45, 2.75) is 13.5 Å². The first-order valence-corrected chi connectivity index (χ1v) is 8.63. The van der Waals surface area contributed by atoms with Crippen molar-refractivity contribution in [3.05, 3.63) is 77.9 Å². The second-order valence-corrected chi connectivity index (χ2v) is 6.41. The van der Waals surface area contributed by atoms with E-state index in [-0.39, 0.29) is 5.91 Å². The molecule has 0 spiro atoms. The summed E-state index contributed by atoms with van der Waals surface area (Å²) in [4.78, 5) is 17.1. The Morgan fingerprint density at radius 2 is 1.56 bits per heavy atom. The molecular formula is C22H24N2O. The van der Waals surface area contributed by atoms with E-state index < -0.39 is 0 Å². The van der Waals surface area contributed by atoms with Crippen molar-refractivity contribution in [1.82, 2.24) is 4.90 Å². The number of rotatable bonds is 5. The minimum atomic E-state index is 0.0796. The van der Waals surface area contributed by atoms with Gasteiger partial charge in [-0.3, -0.25) is 4.79 Å². The van der Waals surface area contributed by atoms with Crippen molar-refractivity contribution in [3.63, 3.8) is 0 Å². The van der Waals surface area contributed by atoms with Crippen molar-refractivity contribution >= 4 is 22.4 Å². The van der Waals surface area contributed by atoms with Gasteiger partial charge in [0.05, 0.1) is 0 Å². The predicted molar refractivity (Wildman–Crippen MR) is 105 cm³/mol. The molecule has 3 nitrogen and oxygen atoms in total. The normalized spacial score (nSPS) is 10.7. The van der Waals surface area contributed by atoms with E-state index in [0.717, 1.165) is 27.6 Å². The zero-order valence-corrected chi connectivity index (χ0v) is 15.1. The Morgan fingerprint density at radius 1 is 0.880 bits per heavy atom. The van der Waals surface area contributed by atoms with Crippen molar-refractivity contribution in [2.24, 2.45) is 0 Å². The highest BCUT2D eigenvalue weighted by Gasteiger charge is 2.17. The molecule has 0 saturated carbocycles. The van der Waals surface area contributed by atoms with E-state index in [0.29, 0.717) is 13.1 Å². The van der Waals surface area contributed by atoms with Crippen molar-refractivity contribution in [1.29, 1.82) is 0 Å². The van der Waals surface area contributed by atoms with E-state index in [1.807, 2.05) is 68.4 Å². The summed E-state index contributed by atoms with van der Waals surface area (Å²) in [5.74, 6) is 0.0796. The van der Waals surface area contributed by atoms with Gasteiger partial charge in [-0.05, 0) is 41.5 Å². The van der Waals surface area contributed by atoms with E-state index >= 15 is 0 Å². The minimum absolute atomic E-state index is 0.0796. The quantitative estimate of drug-likeness (QED) is 0.683. The van der Waals surface area contributed by atoms with Crippen LogP contribution in [0.15, 0.2) is 66.7 Å². The number of carbonyl (C=O) groups is 1. The van der Waals surface area contributed by atoms with Gasteiger partial charge in [0, 0.05) is 38.4 Å². The molecule has 0 atom stereocenters. The first-order valence-electron chi connectivity index (χ1n) is 8.63. The monoisotopic (exact) mass is 332 g/mol. The Bertz CT molecular complexity index is 863. The van der Waals surface area contributed by atoms with Crippen LogP contribution in [0.3, 0.4) is 0 Å². The maximum atomic E-state index is 13.1. The van der Waals surface area contributed by atoms with E-state index in [1.165, 1.54) is 0 Å². The molecule has 3 aromatic carbocycles. The first-order chi connectivity index (χ1) is 12.1. The van der Waals surface area contributed by atoms with E-state index in [4.69, 9.17) is 0 Å². The summed E-state index contributed by atoms with van der Waals surface area (Å²) in [6.45, 7) is 3.32. The van der Waals surface area contributed by atoms with Gasteiger partial charge in [-0.2, -0.15) is 0 Å². The Kier molecular flexibility index (Phi) is 5.03. The molecule has 0 bridgehead atoms. The van der Waals surface area contributed by atoms with Gasteiger partial charge < -0.3 is 9.80 Å². The van der Waals surface area contributed by atoms with Crippen molar-refractivity contribution < 1.29 is 4.79 Å². The zero-order chi connectivity index (χ0) is 17.8.